The zero-order valence-corrected chi connectivity index (χ0v) is 10.6. The van der Waals surface area contributed by atoms with E-state index in [4.69, 9.17) is 9.47 Å². The summed E-state index contributed by atoms with van der Waals surface area (Å²) in [5, 5.41) is 10.5. The van der Waals surface area contributed by atoms with Crippen LogP contribution in [0.25, 0.3) is 0 Å². The van der Waals surface area contributed by atoms with Gasteiger partial charge in [0.25, 0.3) is 5.69 Å². The molecule has 1 fully saturated rings. The Balaban J connectivity index is 1.97. The number of carbonyl (C=O) groups excluding carboxylic acids is 1. The Morgan fingerprint density at radius 1 is 1.42 bits per heavy atom. The molecule has 0 radical (unpaired) electrons. The molecule has 2 atom stereocenters. The van der Waals surface area contributed by atoms with Crippen molar-refractivity contribution in [3.63, 3.8) is 0 Å². The summed E-state index contributed by atoms with van der Waals surface area (Å²) in [7, 11) is 0. The van der Waals surface area contributed by atoms with Crippen LogP contribution in [0.3, 0.4) is 0 Å². The fraction of sp³-hybridized carbons (Fsp3) is 0.462. The van der Waals surface area contributed by atoms with Gasteiger partial charge >= 0.3 is 5.97 Å². The smallest absolute Gasteiger partial charge is 0.338 e. The van der Waals surface area contributed by atoms with Gasteiger partial charge in [-0.1, -0.05) is 0 Å². The molecule has 0 aromatic heterocycles. The number of nitro benzene ring substituents is 1. The van der Waals surface area contributed by atoms with Crippen molar-refractivity contribution in [3.8, 4) is 0 Å². The first kappa shape index (κ1) is 13.5. The van der Waals surface area contributed by atoms with Gasteiger partial charge in [-0.05, 0) is 19.1 Å². The molecule has 1 unspecified atom stereocenters. The molecule has 1 aromatic carbocycles. The average Bonchev–Trinajstić information content (AvgIpc) is 2.39. The van der Waals surface area contributed by atoms with E-state index < -0.39 is 10.9 Å². The van der Waals surface area contributed by atoms with Crippen molar-refractivity contribution in [1.82, 2.24) is 0 Å². The van der Waals surface area contributed by atoms with E-state index in [0.29, 0.717) is 25.0 Å². The average molecular weight is 265 g/mol. The van der Waals surface area contributed by atoms with Crippen LogP contribution in [0.2, 0.25) is 0 Å². The topological polar surface area (TPSA) is 78.7 Å². The molecule has 1 heterocycles. The standard InChI is InChI=1S/C13H15NO5/c1-9-8-12(6-7-18-9)19-13(15)10-2-4-11(5-3-10)14(16)17/h2-5,9,12H,6-8H2,1H3/t9?,12-/m1/s1. The van der Waals surface area contributed by atoms with Gasteiger partial charge in [0, 0.05) is 25.0 Å². The Kier molecular flexibility index (Phi) is 4.11. The fourth-order valence-electron chi connectivity index (χ4n) is 2.00. The van der Waals surface area contributed by atoms with E-state index in [1.54, 1.807) is 0 Å². The highest BCUT2D eigenvalue weighted by atomic mass is 16.6. The van der Waals surface area contributed by atoms with Crippen molar-refractivity contribution in [2.24, 2.45) is 0 Å². The van der Waals surface area contributed by atoms with Crippen molar-refractivity contribution in [1.29, 1.82) is 0 Å². The maximum Gasteiger partial charge on any atom is 0.338 e. The van der Waals surface area contributed by atoms with Crippen LogP contribution in [0.1, 0.15) is 30.1 Å². The fourth-order valence-corrected chi connectivity index (χ4v) is 2.00. The van der Waals surface area contributed by atoms with Crippen LogP contribution in [-0.4, -0.2) is 29.7 Å². The molecule has 0 N–H and O–H groups in total. The van der Waals surface area contributed by atoms with Gasteiger partial charge in [0.15, 0.2) is 0 Å². The molecule has 1 saturated heterocycles. The highest BCUT2D eigenvalue weighted by Gasteiger charge is 2.23. The van der Waals surface area contributed by atoms with Crippen LogP contribution in [-0.2, 0) is 9.47 Å². The molecule has 19 heavy (non-hydrogen) atoms. The number of benzene rings is 1. The third-order valence-electron chi connectivity index (χ3n) is 3.02. The second kappa shape index (κ2) is 5.79. The van der Waals surface area contributed by atoms with Gasteiger partial charge in [-0.3, -0.25) is 10.1 Å². The van der Waals surface area contributed by atoms with Crippen LogP contribution in [0.4, 0.5) is 5.69 Å². The van der Waals surface area contributed by atoms with Gasteiger partial charge in [-0.15, -0.1) is 0 Å². The molecule has 0 aliphatic carbocycles. The summed E-state index contributed by atoms with van der Waals surface area (Å²) in [6.45, 7) is 2.52. The Morgan fingerprint density at radius 2 is 2.11 bits per heavy atom. The number of nitrogens with zero attached hydrogens (tertiary/aromatic N) is 1. The predicted octanol–water partition coefficient (Wildman–Crippen LogP) is 2.32. The number of non-ortho nitro benzene ring substituents is 1. The molecule has 0 amide bonds. The largest absolute Gasteiger partial charge is 0.459 e. The third-order valence-corrected chi connectivity index (χ3v) is 3.02. The summed E-state index contributed by atoms with van der Waals surface area (Å²) >= 11 is 0. The van der Waals surface area contributed by atoms with Crippen LogP contribution in [0.15, 0.2) is 24.3 Å². The third kappa shape index (κ3) is 3.51. The van der Waals surface area contributed by atoms with E-state index in [-0.39, 0.29) is 17.9 Å². The molecule has 6 nitrogen and oxygen atoms in total. The summed E-state index contributed by atoms with van der Waals surface area (Å²) in [4.78, 5) is 21.9. The summed E-state index contributed by atoms with van der Waals surface area (Å²) in [5.41, 5.74) is 0.279. The number of esters is 1. The molecular formula is C13H15NO5. The van der Waals surface area contributed by atoms with E-state index in [0.717, 1.165) is 0 Å². The lowest BCUT2D eigenvalue weighted by atomic mass is 10.1. The number of hydrogen-bond acceptors (Lipinski definition) is 5. The molecule has 0 bridgehead atoms. The van der Waals surface area contributed by atoms with Gasteiger partial charge in [-0.25, -0.2) is 4.79 Å². The minimum Gasteiger partial charge on any atom is -0.459 e. The minimum atomic E-state index is -0.505. The molecule has 2 rings (SSSR count). The Hall–Kier alpha value is -1.95. The van der Waals surface area contributed by atoms with Crippen LogP contribution >= 0.6 is 0 Å². The first-order valence-electron chi connectivity index (χ1n) is 6.13. The van der Waals surface area contributed by atoms with Gasteiger partial charge < -0.3 is 9.47 Å². The van der Waals surface area contributed by atoms with Crippen molar-refractivity contribution in [2.75, 3.05) is 6.61 Å². The van der Waals surface area contributed by atoms with E-state index in [1.165, 1.54) is 24.3 Å². The van der Waals surface area contributed by atoms with Crippen LogP contribution in [0.5, 0.6) is 0 Å². The monoisotopic (exact) mass is 265 g/mol. The highest BCUT2D eigenvalue weighted by Crippen LogP contribution is 2.19. The second-order valence-electron chi connectivity index (χ2n) is 4.54. The molecule has 102 valence electrons. The predicted molar refractivity (Wildman–Crippen MR) is 66.9 cm³/mol. The quantitative estimate of drug-likeness (QED) is 0.476. The van der Waals surface area contributed by atoms with Crippen molar-refractivity contribution in [3.05, 3.63) is 39.9 Å². The molecule has 6 heteroatoms. The Bertz CT molecular complexity index is 470. The molecule has 1 aromatic rings. The maximum absolute atomic E-state index is 11.9. The molecule has 0 saturated carbocycles. The summed E-state index contributed by atoms with van der Waals surface area (Å²) in [6, 6.07) is 5.40. The summed E-state index contributed by atoms with van der Waals surface area (Å²) in [6.07, 6.45) is 1.30. The molecule has 1 aliphatic heterocycles. The van der Waals surface area contributed by atoms with E-state index in [9.17, 15) is 14.9 Å². The normalized spacial score (nSPS) is 22.8. The van der Waals surface area contributed by atoms with Gasteiger partial charge in [0.05, 0.1) is 23.2 Å². The van der Waals surface area contributed by atoms with Crippen molar-refractivity contribution < 1.29 is 19.2 Å². The lowest BCUT2D eigenvalue weighted by Crippen LogP contribution is -2.30. The summed E-state index contributed by atoms with van der Waals surface area (Å²) < 4.78 is 10.7. The Morgan fingerprint density at radius 3 is 2.68 bits per heavy atom. The van der Waals surface area contributed by atoms with Crippen molar-refractivity contribution in [2.45, 2.75) is 32.0 Å². The molecule has 1 aliphatic rings. The molecule has 0 spiro atoms. The van der Waals surface area contributed by atoms with Crippen LogP contribution in [0, 0.1) is 10.1 Å². The second-order valence-corrected chi connectivity index (χ2v) is 4.54. The van der Waals surface area contributed by atoms with Crippen molar-refractivity contribution >= 4 is 11.7 Å². The van der Waals surface area contributed by atoms with E-state index in [1.807, 2.05) is 6.92 Å². The number of carbonyl (C=O) groups is 1. The zero-order chi connectivity index (χ0) is 13.8. The molecular weight excluding hydrogens is 250 g/mol. The van der Waals surface area contributed by atoms with Crippen LogP contribution < -0.4 is 0 Å². The number of ether oxygens (including phenoxy) is 2. The summed E-state index contributed by atoms with van der Waals surface area (Å²) in [5.74, 6) is -0.450. The Labute approximate surface area is 110 Å². The SMILES string of the molecule is CC1C[C@H](OC(=O)c2ccc([N+](=O)[O-])cc2)CCO1. The number of nitro groups is 1. The van der Waals surface area contributed by atoms with E-state index in [2.05, 4.69) is 0 Å². The highest BCUT2D eigenvalue weighted by molar-refractivity contribution is 5.89. The zero-order valence-electron chi connectivity index (χ0n) is 10.6. The first-order valence-corrected chi connectivity index (χ1v) is 6.13. The van der Waals surface area contributed by atoms with Gasteiger partial charge in [0.2, 0.25) is 0 Å². The van der Waals surface area contributed by atoms with Gasteiger partial charge in [0.1, 0.15) is 6.10 Å². The van der Waals surface area contributed by atoms with Gasteiger partial charge in [-0.2, -0.15) is 0 Å². The maximum atomic E-state index is 11.9. The lowest BCUT2D eigenvalue weighted by Gasteiger charge is -2.26. The first-order chi connectivity index (χ1) is 9.06. The number of hydrogen-bond donors (Lipinski definition) is 0. The van der Waals surface area contributed by atoms with E-state index >= 15 is 0 Å². The minimum absolute atomic E-state index is 0.0451. The lowest BCUT2D eigenvalue weighted by molar-refractivity contribution is -0.384. The number of rotatable bonds is 3.